The predicted octanol–water partition coefficient (Wildman–Crippen LogP) is 3.91. The lowest BCUT2D eigenvalue weighted by Crippen LogP contribution is -2.45. The van der Waals surface area contributed by atoms with Crippen LogP contribution in [0.4, 0.5) is 0 Å². The molecule has 0 aliphatic carbocycles. The summed E-state index contributed by atoms with van der Waals surface area (Å²) in [7, 11) is 0. The smallest absolute Gasteiger partial charge is 0.120 e. The van der Waals surface area contributed by atoms with E-state index in [0.717, 1.165) is 48.2 Å². The fraction of sp³-hybridized carbons (Fsp3) is 0.467. The average molecular weight is 398 g/mol. The second-order valence-electron chi connectivity index (χ2n) is 5.17. The summed E-state index contributed by atoms with van der Waals surface area (Å²) in [5.41, 5.74) is 2.13. The maximum atomic E-state index is 10.2. The highest BCUT2D eigenvalue weighted by Crippen LogP contribution is 2.35. The van der Waals surface area contributed by atoms with Gasteiger partial charge in [0.25, 0.3) is 0 Å². The van der Waals surface area contributed by atoms with Crippen LogP contribution < -0.4 is 5.32 Å². The van der Waals surface area contributed by atoms with Crippen LogP contribution in [0.5, 0.6) is 5.75 Å². The number of phenolic OH excluding ortho intramolecular Hbond substituents is 1. The summed E-state index contributed by atoms with van der Waals surface area (Å²) >= 11 is 3.49. The molecule has 0 radical (unpaired) electrons. The van der Waals surface area contributed by atoms with Crippen LogP contribution in [0.3, 0.4) is 0 Å². The Bertz CT molecular complexity index is 465. The number of piperazine rings is 1. The first kappa shape index (κ1) is 20.7. The van der Waals surface area contributed by atoms with Crippen molar-refractivity contribution < 1.29 is 5.11 Å². The zero-order valence-electron chi connectivity index (χ0n) is 12.1. The summed E-state index contributed by atoms with van der Waals surface area (Å²) in [6.07, 6.45) is 0.879. The van der Waals surface area contributed by atoms with E-state index in [1.165, 1.54) is 0 Å². The summed E-state index contributed by atoms with van der Waals surface area (Å²) in [6, 6.07) is 5.85. The molecule has 1 heterocycles. The molecule has 120 valence electrons. The van der Waals surface area contributed by atoms with Crippen LogP contribution in [-0.4, -0.2) is 36.2 Å². The van der Waals surface area contributed by atoms with Gasteiger partial charge in [-0.1, -0.05) is 21.5 Å². The monoisotopic (exact) mass is 396 g/mol. The Morgan fingerprint density at radius 1 is 1.38 bits per heavy atom. The van der Waals surface area contributed by atoms with E-state index in [1.54, 1.807) is 6.07 Å². The van der Waals surface area contributed by atoms with Gasteiger partial charge in [0.15, 0.2) is 0 Å². The molecule has 2 rings (SSSR count). The Kier molecular flexibility index (Phi) is 9.58. The van der Waals surface area contributed by atoms with E-state index in [9.17, 15) is 5.11 Å². The number of phenols is 1. The molecule has 0 aromatic heterocycles. The van der Waals surface area contributed by atoms with Crippen LogP contribution in [-0.2, 0) is 0 Å². The quantitative estimate of drug-likeness (QED) is 0.756. The topological polar surface area (TPSA) is 35.5 Å². The third-order valence-corrected chi connectivity index (χ3v) is 3.98. The Labute approximate surface area is 147 Å². The van der Waals surface area contributed by atoms with Crippen molar-refractivity contribution in [3.8, 4) is 5.75 Å². The number of hydrogen-bond acceptors (Lipinski definition) is 3. The van der Waals surface area contributed by atoms with Gasteiger partial charge in [0.2, 0.25) is 0 Å². The second-order valence-corrected chi connectivity index (χ2v) is 6.08. The first-order valence-electron chi connectivity index (χ1n) is 6.65. The lowest BCUT2D eigenvalue weighted by Gasteiger charge is -2.35. The van der Waals surface area contributed by atoms with Gasteiger partial charge in [0.05, 0.1) is 0 Å². The van der Waals surface area contributed by atoms with E-state index in [0.29, 0.717) is 5.75 Å². The van der Waals surface area contributed by atoms with Gasteiger partial charge in [0, 0.05) is 42.3 Å². The standard InChI is InChI=1S/C15H21BrN2O.2ClH/c1-11(2)9-14(18-7-5-17-6-8-18)13-10-12(16)3-4-15(13)19;;/h3-4,10,14,17,19H,1,5-9H2,2H3;2*1H/t14-;;/m0../s1. The maximum Gasteiger partial charge on any atom is 0.120 e. The zero-order chi connectivity index (χ0) is 13.8. The van der Waals surface area contributed by atoms with Crippen molar-refractivity contribution in [1.82, 2.24) is 10.2 Å². The lowest BCUT2D eigenvalue weighted by atomic mass is 9.97. The van der Waals surface area contributed by atoms with Crippen LogP contribution in [0.15, 0.2) is 34.8 Å². The molecule has 1 saturated heterocycles. The van der Waals surface area contributed by atoms with Crippen LogP contribution in [0, 0.1) is 0 Å². The van der Waals surface area contributed by atoms with Gasteiger partial charge in [-0.15, -0.1) is 31.4 Å². The third kappa shape index (κ3) is 5.80. The van der Waals surface area contributed by atoms with Gasteiger partial charge in [-0.2, -0.15) is 0 Å². The van der Waals surface area contributed by atoms with Crippen molar-refractivity contribution in [1.29, 1.82) is 0 Å². The van der Waals surface area contributed by atoms with Crippen LogP contribution in [0.2, 0.25) is 0 Å². The van der Waals surface area contributed by atoms with Crippen molar-refractivity contribution >= 4 is 40.7 Å². The van der Waals surface area contributed by atoms with E-state index in [4.69, 9.17) is 0 Å². The Morgan fingerprint density at radius 2 is 2.00 bits per heavy atom. The van der Waals surface area contributed by atoms with E-state index in [-0.39, 0.29) is 30.9 Å². The fourth-order valence-electron chi connectivity index (χ4n) is 2.55. The number of rotatable bonds is 4. The number of nitrogens with one attached hydrogen (secondary N) is 1. The van der Waals surface area contributed by atoms with Gasteiger partial charge in [0.1, 0.15) is 5.75 Å². The van der Waals surface area contributed by atoms with E-state index in [2.05, 4.69) is 32.7 Å². The average Bonchev–Trinajstić information content (AvgIpc) is 2.40. The normalized spacial score (nSPS) is 16.5. The maximum absolute atomic E-state index is 10.2. The largest absolute Gasteiger partial charge is 0.508 e. The molecule has 0 bridgehead atoms. The molecule has 0 spiro atoms. The minimum atomic E-state index is 0. The summed E-state index contributed by atoms with van der Waals surface area (Å²) in [6.45, 7) is 10.1. The highest BCUT2D eigenvalue weighted by Gasteiger charge is 2.24. The van der Waals surface area contributed by atoms with Crippen LogP contribution >= 0.6 is 40.7 Å². The van der Waals surface area contributed by atoms with Crippen molar-refractivity contribution in [2.75, 3.05) is 26.2 Å². The molecule has 1 aromatic rings. The predicted molar refractivity (Wildman–Crippen MR) is 96.9 cm³/mol. The van der Waals surface area contributed by atoms with E-state index >= 15 is 0 Å². The third-order valence-electron chi connectivity index (χ3n) is 3.48. The van der Waals surface area contributed by atoms with Gasteiger partial charge >= 0.3 is 0 Å². The molecule has 2 N–H and O–H groups in total. The molecule has 0 unspecified atom stereocenters. The zero-order valence-corrected chi connectivity index (χ0v) is 15.4. The van der Waals surface area contributed by atoms with Crippen LogP contribution in [0.25, 0.3) is 0 Å². The van der Waals surface area contributed by atoms with Crippen molar-refractivity contribution in [2.45, 2.75) is 19.4 Å². The summed E-state index contributed by atoms with van der Waals surface area (Å²) in [4.78, 5) is 2.42. The Balaban J connectivity index is 0.00000200. The minimum absolute atomic E-state index is 0. The van der Waals surface area contributed by atoms with E-state index in [1.807, 2.05) is 19.1 Å². The molecule has 3 nitrogen and oxygen atoms in total. The van der Waals surface area contributed by atoms with Gasteiger partial charge in [-0.3, -0.25) is 4.90 Å². The first-order chi connectivity index (χ1) is 9.08. The summed E-state index contributed by atoms with van der Waals surface area (Å²) in [5.74, 6) is 0.369. The highest BCUT2D eigenvalue weighted by molar-refractivity contribution is 9.10. The summed E-state index contributed by atoms with van der Waals surface area (Å²) < 4.78 is 1.00. The van der Waals surface area contributed by atoms with E-state index < -0.39 is 0 Å². The molecule has 0 amide bonds. The molecule has 1 aliphatic heterocycles. The van der Waals surface area contributed by atoms with Crippen LogP contribution in [0.1, 0.15) is 24.9 Å². The number of nitrogens with zero attached hydrogens (tertiary/aromatic N) is 1. The second kappa shape index (κ2) is 9.70. The SMILES string of the molecule is C=C(C)C[C@@H](c1cc(Br)ccc1O)N1CCNCC1.Cl.Cl. The Hall–Kier alpha value is -0.260. The highest BCUT2D eigenvalue weighted by atomic mass is 79.9. The molecule has 6 heteroatoms. The van der Waals surface area contributed by atoms with Crippen molar-refractivity contribution in [3.63, 3.8) is 0 Å². The first-order valence-corrected chi connectivity index (χ1v) is 7.45. The number of benzene rings is 1. The minimum Gasteiger partial charge on any atom is -0.508 e. The number of hydrogen-bond donors (Lipinski definition) is 2. The lowest BCUT2D eigenvalue weighted by molar-refractivity contribution is 0.170. The Morgan fingerprint density at radius 3 is 2.57 bits per heavy atom. The number of aromatic hydroxyl groups is 1. The molecule has 1 aliphatic rings. The van der Waals surface area contributed by atoms with Crippen molar-refractivity contribution in [3.05, 3.63) is 40.4 Å². The molecule has 1 aromatic carbocycles. The fourth-order valence-corrected chi connectivity index (χ4v) is 2.93. The number of halogens is 3. The molecule has 1 atom stereocenters. The van der Waals surface area contributed by atoms with Gasteiger partial charge in [-0.05, 0) is 31.5 Å². The van der Waals surface area contributed by atoms with Gasteiger partial charge in [-0.25, -0.2) is 0 Å². The van der Waals surface area contributed by atoms with Crippen molar-refractivity contribution in [2.24, 2.45) is 0 Å². The summed E-state index contributed by atoms with van der Waals surface area (Å²) in [5, 5.41) is 13.5. The molecule has 21 heavy (non-hydrogen) atoms. The molecule has 0 saturated carbocycles. The molecular weight excluding hydrogens is 375 g/mol. The van der Waals surface area contributed by atoms with Gasteiger partial charge < -0.3 is 10.4 Å². The molecular formula is C15H23BrCl2N2O. The molecule has 1 fully saturated rings.